The lowest BCUT2D eigenvalue weighted by Crippen LogP contribution is -2.32. The Kier molecular flexibility index (Phi) is 6.71. The minimum atomic E-state index is -3.71. The molecule has 0 saturated carbocycles. The maximum Gasteiger partial charge on any atom is 0.253 e. The summed E-state index contributed by atoms with van der Waals surface area (Å²) in [6.07, 6.45) is 0. The van der Waals surface area contributed by atoms with Crippen LogP contribution in [0.2, 0.25) is 0 Å². The number of rotatable bonds is 7. The quantitative estimate of drug-likeness (QED) is 0.745. The first-order valence-corrected chi connectivity index (χ1v) is 8.77. The first-order chi connectivity index (χ1) is 10.7. The monoisotopic (exact) mass is 341 g/mol. The van der Waals surface area contributed by atoms with E-state index in [0.29, 0.717) is 18.7 Å². The molecule has 0 aromatic heterocycles. The molecule has 8 heteroatoms. The number of carbonyl (C=O) groups excluding carboxylic acids is 2. The number of nitrogens with zero attached hydrogens (tertiary/aromatic N) is 2. The number of sulfone groups is 1. The van der Waals surface area contributed by atoms with Crippen LogP contribution in [0.1, 0.15) is 10.4 Å². The van der Waals surface area contributed by atoms with Crippen molar-refractivity contribution in [2.24, 2.45) is 0 Å². The summed E-state index contributed by atoms with van der Waals surface area (Å²) in [5, 5.41) is 2.95. The standard InChI is InChI=1S/C15H23N3O4S/c1-16-9-10-18(4)15(20)12-5-7-13(8-6-12)23(21,22)11-14(19)17(2)3/h5-8,16H,9-11H2,1-4H3. The molecule has 128 valence electrons. The second-order valence-corrected chi connectivity index (χ2v) is 7.39. The Labute approximate surface area is 137 Å². The molecule has 23 heavy (non-hydrogen) atoms. The highest BCUT2D eigenvalue weighted by atomic mass is 32.2. The van der Waals surface area contributed by atoms with Gasteiger partial charge in [-0.2, -0.15) is 0 Å². The Morgan fingerprint density at radius 3 is 2.13 bits per heavy atom. The molecule has 0 saturated heterocycles. The van der Waals surface area contributed by atoms with Crippen LogP contribution in [0, 0.1) is 0 Å². The molecule has 0 aliphatic rings. The van der Waals surface area contributed by atoms with Crippen molar-refractivity contribution in [1.29, 1.82) is 0 Å². The second-order valence-electron chi connectivity index (χ2n) is 5.40. The Bertz CT molecular complexity index is 654. The van der Waals surface area contributed by atoms with Crippen LogP contribution < -0.4 is 5.32 Å². The lowest BCUT2D eigenvalue weighted by molar-refractivity contribution is -0.125. The summed E-state index contributed by atoms with van der Waals surface area (Å²) in [5.74, 6) is -1.26. The number of hydrogen-bond donors (Lipinski definition) is 1. The van der Waals surface area contributed by atoms with Gasteiger partial charge in [0.15, 0.2) is 9.84 Å². The maximum atomic E-state index is 12.2. The van der Waals surface area contributed by atoms with E-state index >= 15 is 0 Å². The van der Waals surface area contributed by atoms with Crippen molar-refractivity contribution in [3.63, 3.8) is 0 Å². The molecule has 2 amide bonds. The molecule has 1 N–H and O–H groups in total. The maximum absolute atomic E-state index is 12.2. The summed E-state index contributed by atoms with van der Waals surface area (Å²) in [6, 6.07) is 5.64. The van der Waals surface area contributed by atoms with Gasteiger partial charge in [0.1, 0.15) is 5.75 Å². The van der Waals surface area contributed by atoms with Gasteiger partial charge in [-0.15, -0.1) is 0 Å². The molecule has 0 aliphatic heterocycles. The van der Waals surface area contributed by atoms with Crippen LogP contribution in [0.15, 0.2) is 29.2 Å². The molecular weight excluding hydrogens is 318 g/mol. The van der Waals surface area contributed by atoms with Gasteiger partial charge in [-0.25, -0.2) is 8.42 Å². The third kappa shape index (κ3) is 5.33. The predicted molar refractivity (Wildman–Crippen MR) is 88.1 cm³/mol. The Balaban J connectivity index is 2.87. The number of nitrogens with one attached hydrogen (secondary N) is 1. The molecule has 0 aliphatic carbocycles. The van der Waals surface area contributed by atoms with Gasteiger partial charge in [0.2, 0.25) is 5.91 Å². The van der Waals surface area contributed by atoms with E-state index in [2.05, 4.69) is 5.32 Å². The van der Waals surface area contributed by atoms with E-state index < -0.39 is 21.5 Å². The molecule has 0 fully saturated rings. The Morgan fingerprint density at radius 1 is 1.09 bits per heavy atom. The van der Waals surface area contributed by atoms with E-state index in [-0.39, 0.29) is 10.8 Å². The van der Waals surface area contributed by atoms with Crippen LogP contribution in [0.5, 0.6) is 0 Å². The molecule has 1 aromatic rings. The molecule has 0 unspecified atom stereocenters. The van der Waals surface area contributed by atoms with E-state index in [4.69, 9.17) is 0 Å². The van der Waals surface area contributed by atoms with E-state index in [1.165, 1.54) is 43.3 Å². The molecule has 0 bridgehead atoms. The summed E-state index contributed by atoms with van der Waals surface area (Å²) in [5.41, 5.74) is 0.404. The summed E-state index contributed by atoms with van der Waals surface area (Å²) in [4.78, 5) is 26.6. The van der Waals surface area contributed by atoms with Gasteiger partial charge in [0.05, 0.1) is 4.90 Å². The van der Waals surface area contributed by atoms with E-state index in [9.17, 15) is 18.0 Å². The van der Waals surface area contributed by atoms with Crippen molar-refractivity contribution in [3.05, 3.63) is 29.8 Å². The number of amides is 2. The van der Waals surface area contributed by atoms with Crippen molar-refractivity contribution < 1.29 is 18.0 Å². The van der Waals surface area contributed by atoms with Crippen LogP contribution in [-0.4, -0.2) is 77.1 Å². The van der Waals surface area contributed by atoms with Crippen LogP contribution in [0.4, 0.5) is 0 Å². The van der Waals surface area contributed by atoms with E-state index in [0.717, 1.165) is 0 Å². The number of carbonyl (C=O) groups is 2. The van der Waals surface area contributed by atoms with Crippen LogP contribution in [0.3, 0.4) is 0 Å². The highest BCUT2D eigenvalue weighted by Gasteiger charge is 2.21. The minimum Gasteiger partial charge on any atom is -0.348 e. The molecular formula is C15H23N3O4S. The molecule has 0 atom stereocenters. The Hall–Kier alpha value is -1.93. The second kappa shape index (κ2) is 8.07. The number of hydrogen-bond acceptors (Lipinski definition) is 5. The molecule has 0 spiro atoms. The van der Waals surface area contributed by atoms with Gasteiger partial charge >= 0.3 is 0 Å². The fraction of sp³-hybridized carbons (Fsp3) is 0.467. The first kappa shape index (κ1) is 19.1. The van der Waals surface area contributed by atoms with Gasteiger partial charge in [-0.05, 0) is 31.3 Å². The highest BCUT2D eigenvalue weighted by molar-refractivity contribution is 7.92. The summed E-state index contributed by atoms with van der Waals surface area (Å²) >= 11 is 0. The smallest absolute Gasteiger partial charge is 0.253 e. The third-order valence-electron chi connectivity index (χ3n) is 3.32. The number of benzene rings is 1. The summed E-state index contributed by atoms with van der Waals surface area (Å²) in [7, 11) is 2.77. The Morgan fingerprint density at radius 2 is 1.65 bits per heavy atom. The van der Waals surface area contributed by atoms with Crippen molar-refractivity contribution in [2.75, 3.05) is 47.0 Å². The van der Waals surface area contributed by atoms with Gasteiger partial charge in [-0.1, -0.05) is 0 Å². The zero-order chi connectivity index (χ0) is 17.6. The van der Waals surface area contributed by atoms with Gasteiger partial charge in [0.25, 0.3) is 5.91 Å². The molecule has 1 rings (SSSR count). The zero-order valence-corrected chi connectivity index (χ0v) is 14.7. The van der Waals surface area contributed by atoms with E-state index in [1.807, 2.05) is 0 Å². The predicted octanol–water partition coefficient (Wildman–Crippen LogP) is -0.160. The average molecular weight is 341 g/mol. The largest absolute Gasteiger partial charge is 0.348 e. The summed E-state index contributed by atoms with van der Waals surface area (Å²) < 4.78 is 24.3. The van der Waals surface area contributed by atoms with E-state index in [1.54, 1.807) is 19.0 Å². The topological polar surface area (TPSA) is 86.8 Å². The zero-order valence-electron chi connectivity index (χ0n) is 13.9. The fourth-order valence-electron chi connectivity index (χ4n) is 1.78. The van der Waals surface area contributed by atoms with Crippen molar-refractivity contribution in [3.8, 4) is 0 Å². The molecule has 1 aromatic carbocycles. The minimum absolute atomic E-state index is 0.0297. The van der Waals surface area contributed by atoms with Crippen LogP contribution >= 0.6 is 0 Å². The van der Waals surface area contributed by atoms with Gasteiger partial charge in [0, 0.05) is 39.8 Å². The summed E-state index contributed by atoms with van der Waals surface area (Å²) in [6.45, 7) is 1.22. The van der Waals surface area contributed by atoms with Gasteiger partial charge < -0.3 is 15.1 Å². The number of likely N-dealkylation sites (N-methyl/N-ethyl adjacent to an activating group) is 2. The van der Waals surface area contributed by atoms with Crippen molar-refractivity contribution >= 4 is 21.7 Å². The lowest BCUT2D eigenvalue weighted by Gasteiger charge is -2.17. The third-order valence-corrected chi connectivity index (χ3v) is 4.93. The molecule has 0 radical (unpaired) electrons. The first-order valence-electron chi connectivity index (χ1n) is 7.12. The highest BCUT2D eigenvalue weighted by Crippen LogP contribution is 2.14. The lowest BCUT2D eigenvalue weighted by atomic mass is 10.2. The van der Waals surface area contributed by atoms with Crippen molar-refractivity contribution in [2.45, 2.75) is 4.90 Å². The van der Waals surface area contributed by atoms with Crippen LogP contribution in [-0.2, 0) is 14.6 Å². The van der Waals surface area contributed by atoms with Crippen molar-refractivity contribution in [1.82, 2.24) is 15.1 Å². The van der Waals surface area contributed by atoms with Crippen LogP contribution in [0.25, 0.3) is 0 Å². The molecule has 0 heterocycles. The normalized spacial score (nSPS) is 11.1. The molecule has 7 nitrogen and oxygen atoms in total. The van der Waals surface area contributed by atoms with Gasteiger partial charge in [-0.3, -0.25) is 9.59 Å². The fourth-order valence-corrected chi connectivity index (χ4v) is 3.08. The SMILES string of the molecule is CNCCN(C)C(=O)c1ccc(S(=O)(=O)CC(=O)N(C)C)cc1. The average Bonchev–Trinajstić information content (AvgIpc) is 2.51.